The molecule has 0 spiro atoms. The molecule has 2 N–H and O–H groups in total. The van der Waals surface area contributed by atoms with E-state index in [1.807, 2.05) is 4.98 Å². The van der Waals surface area contributed by atoms with Crippen molar-refractivity contribution in [2.24, 2.45) is 0 Å². The Kier molecular flexibility index (Phi) is 1.89. The normalized spacial score (nSPS) is 10.5. The van der Waals surface area contributed by atoms with Crippen LogP contribution in [0, 0.1) is 0 Å². The zero-order valence-corrected chi connectivity index (χ0v) is 5.34. The highest BCUT2D eigenvalue weighted by atomic mass is 19.3. The molecular formula is C6H5F2NO2. The van der Waals surface area contributed by atoms with Gasteiger partial charge in [0.1, 0.15) is 11.3 Å². The molecule has 0 aliphatic carbocycles. The summed E-state index contributed by atoms with van der Waals surface area (Å²) in [5.41, 5.74) is -1.84. The lowest BCUT2D eigenvalue weighted by Gasteiger charge is -1.99. The molecule has 1 heterocycles. The summed E-state index contributed by atoms with van der Waals surface area (Å²) in [6.45, 7) is 0. The highest BCUT2D eigenvalue weighted by Gasteiger charge is 2.16. The van der Waals surface area contributed by atoms with Gasteiger partial charge in [-0.15, -0.1) is 0 Å². The van der Waals surface area contributed by atoms with Crippen molar-refractivity contribution in [3.63, 3.8) is 0 Å². The predicted octanol–water partition coefficient (Wildman–Crippen LogP) is 1.02. The van der Waals surface area contributed by atoms with E-state index in [0.29, 0.717) is 0 Å². The van der Waals surface area contributed by atoms with E-state index in [1.165, 1.54) is 0 Å². The molecule has 0 saturated heterocycles. The number of alkyl halides is 2. The quantitative estimate of drug-likeness (QED) is 0.646. The fraction of sp³-hybridized carbons (Fsp3) is 0.167. The van der Waals surface area contributed by atoms with Crippen molar-refractivity contribution in [3.05, 3.63) is 28.2 Å². The Labute approximate surface area is 60.3 Å². The topological polar surface area (TPSA) is 53.1 Å². The lowest BCUT2D eigenvalue weighted by atomic mass is 10.2. The Morgan fingerprint density at radius 3 is 2.55 bits per heavy atom. The van der Waals surface area contributed by atoms with Crippen LogP contribution in [0.3, 0.4) is 0 Å². The minimum atomic E-state index is -2.94. The van der Waals surface area contributed by atoms with Crippen molar-refractivity contribution in [1.82, 2.24) is 4.98 Å². The molecule has 1 aromatic rings. The van der Waals surface area contributed by atoms with Crippen molar-refractivity contribution in [2.75, 3.05) is 0 Å². The average Bonchev–Trinajstić information content (AvgIpc) is 1.85. The maximum Gasteiger partial charge on any atom is 0.272 e. The van der Waals surface area contributed by atoms with Crippen molar-refractivity contribution < 1.29 is 13.9 Å². The lowest BCUT2D eigenvalue weighted by molar-refractivity contribution is 0.145. The maximum atomic E-state index is 11.9. The monoisotopic (exact) mass is 161 g/mol. The summed E-state index contributed by atoms with van der Waals surface area (Å²) in [6, 6.07) is 1.00. The van der Waals surface area contributed by atoms with Gasteiger partial charge in [0.25, 0.3) is 12.0 Å². The number of aromatic amines is 1. The van der Waals surface area contributed by atoms with E-state index in [9.17, 15) is 13.6 Å². The molecule has 0 saturated carbocycles. The number of aromatic hydroxyl groups is 1. The van der Waals surface area contributed by atoms with E-state index in [2.05, 4.69) is 0 Å². The number of nitrogens with one attached hydrogen (secondary N) is 1. The van der Waals surface area contributed by atoms with Crippen LogP contribution in [0.5, 0.6) is 5.75 Å². The van der Waals surface area contributed by atoms with Gasteiger partial charge in [0.2, 0.25) is 0 Å². The molecule has 0 aliphatic rings. The smallest absolute Gasteiger partial charge is 0.272 e. The van der Waals surface area contributed by atoms with Crippen LogP contribution in [0.2, 0.25) is 0 Å². The Bertz CT molecular complexity index is 308. The zero-order chi connectivity index (χ0) is 8.43. The molecule has 0 atom stereocenters. The lowest BCUT2D eigenvalue weighted by Crippen LogP contribution is -2.11. The van der Waals surface area contributed by atoms with Crippen LogP contribution in [-0.2, 0) is 0 Å². The van der Waals surface area contributed by atoms with Gasteiger partial charge in [0.15, 0.2) is 0 Å². The fourth-order valence-electron chi connectivity index (χ4n) is 0.691. The highest BCUT2D eigenvalue weighted by Crippen LogP contribution is 2.22. The molecule has 0 bridgehead atoms. The van der Waals surface area contributed by atoms with E-state index in [0.717, 1.165) is 12.3 Å². The predicted molar refractivity (Wildman–Crippen MR) is 33.7 cm³/mol. The third-order valence-electron chi connectivity index (χ3n) is 1.19. The van der Waals surface area contributed by atoms with E-state index in [1.54, 1.807) is 0 Å². The van der Waals surface area contributed by atoms with Crippen LogP contribution in [0.1, 0.15) is 12.0 Å². The average molecular weight is 161 g/mol. The number of H-pyrrole nitrogens is 1. The van der Waals surface area contributed by atoms with Gasteiger partial charge < -0.3 is 10.1 Å². The summed E-state index contributed by atoms with van der Waals surface area (Å²) < 4.78 is 23.8. The molecular weight excluding hydrogens is 156 g/mol. The second-order valence-electron chi connectivity index (χ2n) is 1.91. The van der Waals surface area contributed by atoms with E-state index >= 15 is 0 Å². The van der Waals surface area contributed by atoms with Gasteiger partial charge in [0.05, 0.1) is 0 Å². The van der Waals surface area contributed by atoms with Crippen LogP contribution in [-0.4, -0.2) is 10.1 Å². The molecule has 1 rings (SSSR count). The number of halogens is 2. The highest BCUT2D eigenvalue weighted by molar-refractivity contribution is 5.29. The minimum Gasteiger partial charge on any atom is -0.507 e. The Morgan fingerprint density at radius 2 is 2.18 bits per heavy atom. The van der Waals surface area contributed by atoms with Crippen molar-refractivity contribution >= 4 is 0 Å². The largest absolute Gasteiger partial charge is 0.507 e. The molecule has 0 unspecified atom stereocenters. The number of hydrogen-bond donors (Lipinski definition) is 2. The number of rotatable bonds is 1. The summed E-state index contributed by atoms with van der Waals surface area (Å²) in [5.74, 6) is -0.677. The van der Waals surface area contributed by atoms with Gasteiger partial charge in [-0.25, -0.2) is 8.78 Å². The van der Waals surface area contributed by atoms with E-state index in [4.69, 9.17) is 5.11 Å². The fourth-order valence-corrected chi connectivity index (χ4v) is 0.691. The molecule has 11 heavy (non-hydrogen) atoms. The molecule has 3 nitrogen and oxygen atoms in total. The zero-order valence-electron chi connectivity index (χ0n) is 5.34. The molecule has 0 aromatic carbocycles. The molecule has 0 aliphatic heterocycles. The van der Waals surface area contributed by atoms with Crippen molar-refractivity contribution in [2.45, 2.75) is 6.43 Å². The molecule has 5 heteroatoms. The van der Waals surface area contributed by atoms with Crippen LogP contribution in [0.4, 0.5) is 8.78 Å². The summed E-state index contributed by atoms with van der Waals surface area (Å²) in [7, 11) is 0. The molecule has 0 fully saturated rings. The van der Waals surface area contributed by atoms with Gasteiger partial charge >= 0.3 is 0 Å². The van der Waals surface area contributed by atoms with Gasteiger partial charge in [-0.2, -0.15) is 0 Å². The van der Waals surface area contributed by atoms with Crippen LogP contribution in [0.15, 0.2) is 17.1 Å². The van der Waals surface area contributed by atoms with Crippen molar-refractivity contribution in [3.8, 4) is 5.75 Å². The third-order valence-corrected chi connectivity index (χ3v) is 1.19. The summed E-state index contributed by atoms with van der Waals surface area (Å²) in [6.07, 6.45) is -1.84. The third kappa shape index (κ3) is 1.36. The maximum absolute atomic E-state index is 11.9. The summed E-state index contributed by atoms with van der Waals surface area (Å²) in [4.78, 5) is 12.6. The molecule has 0 amide bonds. The molecule has 0 radical (unpaired) electrons. The first-order valence-electron chi connectivity index (χ1n) is 2.81. The molecule has 1 aromatic heterocycles. The number of hydrogen-bond acceptors (Lipinski definition) is 2. The first kappa shape index (κ1) is 7.71. The Morgan fingerprint density at radius 1 is 1.55 bits per heavy atom. The van der Waals surface area contributed by atoms with Gasteiger partial charge in [-0.05, 0) is 6.07 Å². The van der Waals surface area contributed by atoms with Gasteiger partial charge in [0, 0.05) is 6.20 Å². The Balaban J connectivity index is 3.33. The Hall–Kier alpha value is -1.39. The van der Waals surface area contributed by atoms with E-state index in [-0.39, 0.29) is 0 Å². The van der Waals surface area contributed by atoms with Gasteiger partial charge in [-0.1, -0.05) is 0 Å². The van der Waals surface area contributed by atoms with Crippen molar-refractivity contribution in [1.29, 1.82) is 0 Å². The van der Waals surface area contributed by atoms with Gasteiger partial charge in [-0.3, -0.25) is 4.79 Å². The first-order valence-corrected chi connectivity index (χ1v) is 2.81. The van der Waals surface area contributed by atoms with Crippen LogP contribution in [0.25, 0.3) is 0 Å². The SMILES string of the molecule is O=c1[nH]ccc(O)c1C(F)F. The van der Waals surface area contributed by atoms with E-state index < -0.39 is 23.3 Å². The van der Waals surface area contributed by atoms with Crippen LogP contribution < -0.4 is 5.56 Å². The summed E-state index contributed by atoms with van der Waals surface area (Å²) >= 11 is 0. The first-order chi connectivity index (χ1) is 5.13. The summed E-state index contributed by atoms with van der Waals surface area (Å²) in [5, 5.41) is 8.76. The minimum absolute atomic E-state index is 0.677. The van der Waals surface area contributed by atoms with Crippen LogP contribution >= 0.6 is 0 Å². The second-order valence-corrected chi connectivity index (χ2v) is 1.91. The second kappa shape index (κ2) is 2.69. The number of aromatic nitrogens is 1. The number of pyridine rings is 1. The molecule has 60 valence electrons. The standard InChI is InChI=1S/C6H5F2NO2/c7-5(8)4-3(10)1-2-9-6(4)11/h1-2,5H,(H2,9,10,11).